The molecule has 0 spiro atoms. The van der Waals surface area contributed by atoms with E-state index in [9.17, 15) is 4.79 Å². The van der Waals surface area contributed by atoms with Crippen molar-refractivity contribution < 1.29 is 9.53 Å². The van der Waals surface area contributed by atoms with E-state index < -0.39 is 11.4 Å². The van der Waals surface area contributed by atoms with Crippen molar-refractivity contribution in [2.45, 2.75) is 18.3 Å². The van der Waals surface area contributed by atoms with Gasteiger partial charge >= 0.3 is 5.97 Å². The highest BCUT2D eigenvalue weighted by atomic mass is 16.5. The van der Waals surface area contributed by atoms with Crippen molar-refractivity contribution in [2.75, 3.05) is 7.11 Å². The summed E-state index contributed by atoms with van der Waals surface area (Å²) in [5.41, 5.74) is 1.25. The van der Waals surface area contributed by atoms with Crippen LogP contribution >= 0.6 is 0 Å². The quantitative estimate of drug-likeness (QED) is 0.484. The summed E-state index contributed by atoms with van der Waals surface area (Å²) in [5.74, 6) is -0.443. The fraction of sp³-hybridized carbons (Fsp3) is 0.263. The van der Waals surface area contributed by atoms with Gasteiger partial charge in [0.25, 0.3) is 0 Å². The van der Waals surface area contributed by atoms with E-state index in [1.165, 1.54) is 7.11 Å². The summed E-state index contributed by atoms with van der Waals surface area (Å²) in [6, 6.07) is 19.6. The standard InChI is InChI=1S/C19H18BNO2/c1-23-18(22)19(20,16-12-13-16)21-17(14-8-4-2-5-9-14)15-10-6-3-7-11-15/h2-11,16H,12-13H2,1H3. The van der Waals surface area contributed by atoms with Crippen LogP contribution in [0.15, 0.2) is 65.7 Å². The first-order chi connectivity index (χ1) is 11.1. The van der Waals surface area contributed by atoms with Crippen LogP contribution in [0, 0.1) is 5.92 Å². The zero-order valence-corrected chi connectivity index (χ0v) is 13.1. The lowest BCUT2D eigenvalue weighted by Crippen LogP contribution is -2.42. The van der Waals surface area contributed by atoms with Crippen molar-refractivity contribution >= 4 is 19.5 Å². The number of hydrogen-bond donors (Lipinski definition) is 0. The summed E-state index contributed by atoms with van der Waals surface area (Å²) >= 11 is 0. The highest BCUT2D eigenvalue weighted by Gasteiger charge is 2.47. The third kappa shape index (κ3) is 3.21. The fourth-order valence-electron chi connectivity index (χ4n) is 2.66. The molecule has 1 aliphatic carbocycles. The van der Waals surface area contributed by atoms with Gasteiger partial charge in [-0.3, -0.25) is 9.79 Å². The van der Waals surface area contributed by atoms with Gasteiger partial charge in [-0.15, -0.1) is 0 Å². The Morgan fingerprint density at radius 3 is 1.91 bits per heavy atom. The van der Waals surface area contributed by atoms with Crippen LogP contribution in [0.1, 0.15) is 24.0 Å². The largest absolute Gasteiger partial charge is 0.468 e. The topological polar surface area (TPSA) is 38.7 Å². The number of esters is 1. The molecule has 3 nitrogen and oxygen atoms in total. The van der Waals surface area contributed by atoms with E-state index in [1.807, 2.05) is 60.7 Å². The lowest BCUT2D eigenvalue weighted by Gasteiger charge is -2.24. The molecule has 1 saturated carbocycles. The smallest absolute Gasteiger partial charge is 0.324 e. The first-order valence-electron chi connectivity index (χ1n) is 7.73. The zero-order valence-electron chi connectivity index (χ0n) is 13.1. The molecule has 1 atom stereocenters. The molecule has 114 valence electrons. The van der Waals surface area contributed by atoms with Crippen LogP contribution in [-0.2, 0) is 9.53 Å². The first kappa shape index (κ1) is 15.5. The van der Waals surface area contributed by atoms with Crippen molar-refractivity contribution in [3.8, 4) is 0 Å². The summed E-state index contributed by atoms with van der Waals surface area (Å²) in [5, 5.41) is 0. The molecule has 2 radical (unpaired) electrons. The van der Waals surface area contributed by atoms with Crippen LogP contribution in [0.3, 0.4) is 0 Å². The molecule has 0 saturated heterocycles. The second kappa shape index (κ2) is 6.41. The summed E-state index contributed by atoms with van der Waals surface area (Å²) in [4.78, 5) is 17.0. The van der Waals surface area contributed by atoms with Crippen molar-refractivity contribution in [1.82, 2.24) is 0 Å². The monoisotopic (exact) mass is 303 g/mol. The van der Waals surface area contributed by atoms with Crippen LogP contribution in [0.5, 0.6) is 0 Å². The van der Waals surface area contributed by atoms with Crippen LogP contribution < -0.4 is 0 Å². The minimum Gasteiger partial charge on any atom is -0.468 e. The predicted molar refractivity (Wildman–Crippen MR) is 91.7 cm³/mol. The van der Waals surface area contributed by atoms with Crippen LogP contribution in [0.2, 0.25) is 0 Å². The highest BCUT2D eigenvalue weighted by molar-refractivity contribution is 6.30. The maximum atomic E-state index is 12.3. The van der Waals surface area contributed by atoms with Gasteiger partial charge in [0.1, 0.15) is 13.3 Å². The average molecular weight is 303 g/mol. The van der Waals surface area contributed by atoms with E-state index >= 15 is 0 Å². The molecule has 0 bridgehead atoms. The molecule has 0 N–H and O–H groups in total. The SMILES string of the molecule is [B]C(N=C(c1ccccc1)c1ccccc1)(C(=O)OC)C1CC1. The van der Waals surface area contributed by atoms with Gasteiger partial charge in [-0.25, -0.2) is 0 Å². The first-order valence-corrected chi connectivity index (χ1v) is 7.73. The maximum Gasteiger partial charge on any atom is 0.324 e. The number of carbonyl (C=O) groups excluding carboxylic acids is 1. The number of benzene rings is 2. The van der Waals surface area contributed by atoms with E-state index in [4.69, 9.17) is 17.6 Å². The Balaban J connectivity index is 2.13. The maximum absolute atomic E-state index is 12.3. The molecule has 4 heteroatoms. The molecule has 3 rings (SSSR count). The molecule has 0 amide bonds. The summed E-state index contributed by atoms with van der Waals surface area (Å²) in [6.07, 6.45) is 1.79. The van der Waals surface area contributed by atoms with Gasteiger partial charge in [0.05, 0.1) is 12.8 Å². The van der Waals surface area contributed by atoms with E-state index in [0.29, 0.717) is 5.71 Å². The van der Waals surface area contributed by atoms with Gasteiger partial charge in [-0.1, -0.05) is 60.7 Å². The van der Waals surface area contributed by atoms with Crippen molar-refractivity contribution in [2.24, 2.45) is 10.9 Å². The Morgan fingerprint density at radius 1 is 1.04 bits per heavy atom. The summed E-state index contributed by atoms with van der Waals surface area (Å²) < 4.78 is 4.92. The van der Waals surface area contributed by atoms with Crippen molar-refractivity contribution in [3.05, 3.63) is 71.8 Å². The molecular weight excluding hydrogens is 285 g/mol. The molecule has 1 aliphatic rings. The predicted octanol–water partition coefficient (Wildman–Crippen LogP) is 2.97. The third-order valence-corrected chi connectivity index (χ3v) is 4.10. The normalized spacial score (nSPS) is 16.2. The Kier molecular flexibility index (Phi) is 4.33. The highest BCUT2D eigenvalue weighted by Crippen LogP contribution is 2.41. The second-order valence-electron chi connectivity index (χ2n) is 5.78. The number of rotatable bonds is 5. The number of nitrogens with zero attached hydrogens (tertiary/aromatic N) is 1. The molecule has 23 heavy (non-hydrogen) atoms. The van der Waals surface area contributed by atoms with Gasteiger partial charge in [0.2, 0.25) is 0 Å². The minimum absolute atomic E-state index is 0.0392. The van der Waals surface area contributed by atoms with E-state index in [0.717, 1.165) is 24.0 Å². The number of hydrogen-bond acceptors (Lipinski definition) is 3. The third-order valence-electron chi connectivity index (χ3n) is 4.10. The van der Waals surface area contributed by atoms with E-state index in [1.54, 1.807) is 0 Å². The molecule has 0 heterocycles. The average Bonchev–Trinajstić information content (AvgIpc) is 3.46. The van der Waals surface area contributed by atoms with Crippen LogP contribution in [-0.4, -0.2) is 32.1 Å². The molecule has 1 unspecified atom stereocenters. The molecule has 0 aliphatic heterocycles. The zero-order chi connectivity index (χ0) is 16.3. The lowest BCUT2D eigenvalue weighted by atomic mass is 9.73. The van der Waals surface area contributed by atoms with Gasteiger partial charge in [0, 0.05) is 11.1 Å². The van der Waals surface area contributed by atoms with Crippen molar-refractivity contribution in [1.29, 1.82) is 0 Å². The van der Waals surface area contributed by atoms with Crippen LogP contribution in [0.4, 0.5) is 0 Å². The summed E-state index contributed by atoms with van der Waals surface area (Å²) in [7, 11) is 7.72. The Bertz CT molecular complexity index is 669. The lowest BCUT2D eigenvalue weighted by molar-refractivity contribution is -0.144. The fourth-order valence-corrected chi connectivity index (χ4v) is 2.66. The number of aliphatic imine (C=N–C) groups is 1. The van der Waals surface area contributed by atoms with Gasteiger partial charge < -0.3 is 4.74 Å². The minimum atomic E-state index is -1.32. The van der Waals surface area contributed by atoms with E-state index in [-0.39, 0.29) is 5.92 Å². The van der Waals surface area contributed by atoms with Crippen LogP contribution in [0.25, 0.3) is 0 Å². The Hall–Kier alpha value is -2.36. The van der Waals surface area contributed by atoms with Gasteiger partial charge in [-0.2, -0.15) is 0 Å². The molecular formula is C19H18BNO2. The van der Waals surface area contributed by atoms with Gasteiger partial charge in [-0.05, 0) is 18.8 Å². The Morgan fingerprint density at radius 2 is 1.52 bits per heavy atom. The molecule has 1 fully saturated rings. The second-order valence-corrected chi connectivity index (χ2v) is 5.78. The number of ether oxygens (including phenoxy) is 1. The van der Waals surface area contributed by atoms with E-state index in [2.05, 4.69) is 0 Å². The molecule has 2 aromatic carbocycles. The summed E-state index contributed by atoms with van der Waals surface area (Å²) in [6.45, 7) is 0. The number of methoxy groups -OCH3 is 1. The Labute approximate surface area is 137 Å². The van der Waals surface area contributed by atoms with Gasteiger partial charge in [0.15, 0.2) is 0 Å². The molecule has 0 aromatic heterocycles. The molecule has 2 aromatic rings. The number of carbonyl (C=O) groups is 1. The van der Waals surface area contributed by atoms with Crippen molar-refractivity contribution in [3.63, 3.8) is 0 Å².